The van der Waals surface area contributed by atoms with Gasteiger partial charge in [0.15, 0.2) is 0 Å². The predicted octanol–water partition coefficient (Wildman–Crippen LogP) is 2.31. The molecule has 0 aliphatic rings. The standard InChI is InChI=1S/C13H19BrN2O2/c1-8(2)18-12-6-10(14)4-5-11(12)13(17)16-9(3)7-15/h4-6,8-9H,7,15H2,1-3H3,(H,16,17)/t9-/m0/s1. The average Bonchev–Trinajstić information content (AvgIpc) is 2.27. The minimum absolute atomic E-state index is 0.0118. The van der Waals surface area contributed by atoms with E-state index in [1.807, 2.05) is 26.8 Å². The Morgan fingerprint density at radius 3 is 2.67 bits per heavy atom. The van der Waals surface area contributed by atoms with E-state index >= 15 is 0 Å². The summed E-state index contributed by atoms with van der Waals surface area (Å²) in [4.78, 5) is 12.1. The highest BCUT2D eigenvalue weighted by atomic mass is 79.9. The van der Waals surface area contributed by atoms with Crippen LogP contribution in [0.3, 0.4) is 0 Å². The Morgan fingerprint density at radius 2 is 2.11 bits per heavy atom. The smallest absolute Gasteiger partial charge is 0.255 e. The molecule has 0 fully saturated rings. The molecule has 0 bridgehead atoms. The van der Waals surface area contributed by atoms with E-state index in [1.165, 1.54) is 0 Å². The molecular weight excluding hydrogens is 296 g/mol. The maximum Gasteiger partial charge on any atom is 0.255 e. The van der Waals surface area contributed by atoms with Crippen LogP contribution in [-0.4, -0.2) is 24.6 Å². The number of benzene rings is 1. The molecule has 1 rings (SSSR count). The van der Waals surface area contributed by atoms with Crippen LogP contribution in [0.1, 0.15) is 31.1 Å². The van der Waals surface area contributed by atoms with Crippen molar-refractivity contribution in [1.29, 1.82) is 0 Å². The quantitative estimate of drug-likeness (QED) is 0.876. The lowest BCUT2D eigenvalue weighted by molar-refractivity contribution is 0.0935. The van der Waals surface area contributed by atoms with Crippen LogP contribution >= 0.6 is 15.9 Å². The number of halogens is 1. The first-order valence-electron chi connectivity index (χ1n) is 5.91. The summed E-state index contributed by atoms with van der Waals surface area (Å²) in [7, 11) is 0. The van der Waals surface area contributed by atoms with E-state index in [4.69, 9.17) is 10.5 Å². The molecule has 0 heterocycles. The van der Waals surface area contributed by atoms with Gasteiger partial charge in [-0.2, -0.15) is 0 Å². The van der Waals surface area contributed by atoms with Gasteiger partial charge in [-0.15, -0.1) is 0 Å². The lowest BCUT2D eigenvalue weighted by atomic mass is 10.1. The second-order valence-electron chi connectivity index (χ2n) is 4.42. The summed E-state index contributed by atoms with van der Waals surface area (Å²) in [6, 6.07) is 5.28. The van der Waals surface area contributed by atoms with Crippen LogP contribution in [0.5, 0.6) is 5.75 Å². The molecule has 1 aromatic rings. The molecule has 4 nitrogen and oxygen atoms in total. The zero-order chi connectivity index (χ0) is 13.7. The van der Waals surface area contributed by atoms with Crippen LogP contribution in [-0.2, 0) is 0 Å². The molecule has 0 aliphatic heterocycles. The van der Waals surface area contributed by atoms with Crippen LogP contribution in [0.25, 0.3) is 0 Å². The molecule has 0 saturated heterocycles. The van der Waals surface area contributed by atoms with Gasteiger partial charge in [-0.1, -0.05) is 15.9 Å². The Balaban J connectivity index is 2.96. The molecule has 0 spiro atoms. The van der Waals surface area contributed by atoms with Gasteiger partial charge in [0.25, 0.3) is 5.91 Å². The minimum atomic E-state index is -0.170. The van der Waals surface area contributed by atoms with Crippen LogP contribution in [0, 0.1) is 0 Å². The topological polar surface area (TPSA) is 64.3 Å². The summed E-state index contributed by atoms with van der Waals surface area (Å²) in [5.41, 5.74) is 6.01. The second-order valence-corrected chi connectivity index (χ2v) is 5.33. The number of hydrogen-bond donors (Lipinski definition) is 2. The summed E-state index contributed by atoms with van der Waals surface area (Å²) in [6.45, 7) is 6.11. The van der Waals surface area contributed by atoms with Crippen molar-refractivity contribution in [1.82, 2.24) is 5.32 Å². The van der Waals surface area contributed by atoms with Gasteiger partial charge >= 0.3 is 0 Å². The third-order valence-electron chi connectivity index (χ3n) is 2.28. The Hall–Kier alpha value is -1.07. The van der Waals surface area contributed by atoms with E-state index < -0.39 is 0 Å². The predicted molar refractivity (Wildman–Crippen MR) is 75.9 cm³/mol. The van der Waals surface area contributed by atoms with Crippen LogP contribution in [0.2, 0.25) is 0 Å². The first-order chi connectivity index (χ1) is 8.43. The van der Waals surface area contributed by atoms with Crippen molar-refractivity contribution in [2.24, 2.45) is 5.73 Å². The first kappa shape index (κ1) is 15.0. The molecule has 0 aromatic heterocycles. The molecule has 0 radical (unpaired) electrons. The van der Waals surface area contributed by atoms with Crippen molar-refractivity contribution >= 4 is 21.8 Å². The zero-order valence-corrected chi connectivity index (χ0v) is 12.5. The van der Waals surface area contributed by atoms with Gasteiger partial charge in [-0.05, 0) is 39.0 Å². The van der Waals surface area contributed by atoms with Crippen molar-refractivity contribution < 1.29 is 9.53 Å². The normalized spacial score (nSPS) is 12.3. The molecule has 18 heavy (non-hydrogen) atoms. The lowest BCUT2D eigenvalue weighted by Gasteiger charge is -2.16. The highest BCUT2D eigenvalue weighted by molar-refractivity contribution is 9.10. The minimum Gasteiger partial charge on any atom is -0.490 e. The summed E-state index contributed by atoms with van der Waals surface area (Å²) < 4.78 is 6.52. The molecule has 1 amide bonds. The van der Waals surface area contributed by atoms with Gasteiger partial charge in [-0.25, -0.2) is 0 Å². The number of ether oxygens (including phenoxy) is 1. The lowest BCUT2D eigenvalue weighted by Crippen LogP contribution is -2.38. The van der Waals surface area contributed by atoms with Gasteiger partial charge in [0.1, 0.15) is 5.75 Å². The van der Waals surface area contributed by atoms with Crippen molar-refractivity contribution in [3.63, 3.8) is 0 Å². The molecule has 5 heteroatoms. The summed E-state index contributed by atoms with van der Waals surface area (Å²) >= 11 is 3.37. The van der Waals surface area contributed by atoms with Crippen molar-refractivity contribution in [3.8, 4) is 5.75 Å². The number of nitrogens with two attached hydrogens (primary N) is 1. The molecule has 1 atom stereocenters. The van der Waals surface area contributed by atoms with E-state index in [0.717, 1.165) is 4.47 Å². The first-order valence-corrected chi connectivity index (χ1v) is 6.70. The van der Waals surface area contributed by atoms with Crippen LogP contribution in [0.15, 0.2) is 22.7 Å². The van der Waals surface area contributed by atoms with Gasteiger partial charge in [0.2, 0.25) is 0 Å². The third-order valence-corrected chi connectivity index (χ3v) is 2.78. The van der Waals surface area contributed by atoms with E-state index in [-0.39, 0.29) is 18.1 Å². The Morgan fingerprint density at radius 1 is 1.44 bits per heavy atom. The highest BCUT2D eigenvalue weighted by Gasteiger charge is 2.15. The monoisotopic (exact) mass is 314 g/mol. The SMILES string of the molecule is CC(C)Oc1cc(Br)ccc1C(=O)N[C@@H](C)CN. The highest BCUT2D eigenvalue weighted by Crippen LogP contribution is 2.24. The number of amides is 1. The van der Waals surface area contributed by atoms with Gasteiger partial charge in [0.05, 0.1) is 11.7 Å². The summed E-state index contributed by atoms with van der Waals surface area (Å²) in [5.74, 6) is 0.400. The van der Waals surface area contributed by atoms with E-state index in [2.05, 4.69) is 21.2 Å². The molecule has 0 saturated carbocycles. The summed E-state index contributed by atoms with van der Waals surface area (Å²) in [5, 5.41) is 2.82. The fourth-order valence-electron chi connectivity index (χ4n) is 1.40. The number of hydrogen-bond acceptors (Lipinski definition) is 3. The molecule has 100 valence electrons. The second kappa shape index (κ2) is 6.75. The fourth-order valence-corrected chi connectivity index (χ4v) is 1.74. The Bertz CT molecular complexity index is 421. The number of carbonyl (C=O) groups excluding carboxylic acids is 1. The molecule has 0 aliphatic carbocycles. The molecule has 1 aromatic carbocycles. The van der Waals surface area contributed by atoms with E-state index in [1.54, 1.807) is 12.1 Å². The van der Waals surface area contributed by atoms with Gasteiger partial charge in [-0.3, -0.25) is 4.79 Å². The van der Waals surface area contributed by atoms with E-state index in [0.29, 0.717) is 17.9 Å². The zero-order valence-electron chi connectivity index (χ0n) is 10.9. The average molecular weight is 315 g/mol. The maximum atomic E-state index is 12.1. The Kier molecular flexibility index (Phi) is 5.62. The van der Waals surface area contributed by atoms with Crippen LogP contribution < -0.4 is 15.8 Å². The largest absolute Gasteiger partial charge is 0.490 e. The van der Waals surface area contributed by atoms with Crippen LogP contribution in [0.4, 0.5) is 0 Å². The van der Waals surface area contributed by atoms with E-state index in [9.17, 15) is 4.79 Å². The number of carbonyl (C=O) groups is 1. The third kappa shape index (κ3) is 4.31. The van der Waals surface area contributed by atoms with Crippen molar-refractivity contribution in [3.05, 3.63) is 28.2 Å². The fraction of sp³-hybridized carbons (Fsp3) is 0.462. The molecule has 0 unspecified atom stereocenters. The molecular formula is C13H19BrN2O2. The van der Waals surface area contributed by atoms with Gasteiger partial charge in [0, 0.05) is 17.1 Å². The summed E-state index contributed by atoms with van der Waals surface area (Å²) in [6.07, 6.45) is 0.0118. The number of rotatable bonds is 5. The maximum absolute atomic E-state index is 12.1. The number of nitrogens with one attached hydrogen (secondary N) is 1. The van der Waals surface area contributed by atoms with Crippen molar-refractivity contribution in [2.45, 2.75) is 32.9 Å². The Labute approximate surface area is 116 Å². The molecule has 3 N–H and O–H groups in total. The van der Waals surface area contributed by atoms with Gasteiger partial charge < -0.3 is 15.8 Å². The van der Waals surface area contributed by atoms with Crippen molar-refractivity contribution in [2.75, 3.05) is 6.54 Å².